The summed E-state index contributed by atoms with van der Waals surface area (Å²) in [5.41, 5.74) is 1.89. The minimum absolute atomic E-state index is 0.849. The lowest BCUT2D eigenvalue weighted by Crippen LogP contribution is -1.97. The zero-order chi connectivity index (χ0) is 10.1. The first-order chi connectivity index (χ1) is 6.74. The van der Waals surface area contributed by atoms with Crippen LogP contribution in [0.2, 0.25) is 0 Å². The van der Waals surface area contributed by atoms with Crippen molar-refractivity contribution in [3.63, 3.8) is 0 Å². The first-order valence-electron chi connectivity index (χ1n) is 4.11. The van der Waals surface area contributed by atoms with E-state index in [1.807, 2.05) is 13.8 Å². The van der Waals surface area contributed by atoms with Crippen LogP contribution in [0.3, 0.4) is 0 Å². The van der Waals surface area contributed by atoms with Gasteiger partial charge in [0.05, 0.1) is 16.3 Å². The fraction of sp³-hybridized carbons (Fsp3) is 0.375. The normalized spacial score (nSPS) is 12.4. The Morgan fingerprint density at radius 1 is 1.64 bits per heavy atom. The zero-order valence-corrected chi connectivity index (χ0v) is 9.00. The second-order valence-electron chi connectivity index (χ2n) is 2.83. The molecule has 0 fully saturated rings. The lowest BCUT2D eigenvalue weighted by molar-refractivity contribution is 0.213. The Bertz CT molecular complexity index is 484. The molecule has 0 atom stereocenters. The Morgan fingerprint density at radius 2 is 2.43 bits per heavy atom. The van der Waals surface area contributed by atoms with Gasteiger partial charge in [-0.1, -0.05) is 16.5 Å². The molecule has 2 heterocycles. The van der Waals surface area contributed by atoms with E-state index in [0.29, 0.717) is 0 Å². The molecule has 5 nitrogen and oxygen atoms in total. The Morgan fingerprint density at radius 3 is 3.07 bits per heavy atom. The fourth-order valence-electron chi connectivity index (χ4n) is 1.31. The quantitative estimate of drug-likeness (QED) is 0.557. The van der Waals surface area contributed by atoms with Gasteiger partial charge in [0.25, 0.3) is 0 Å². The Kier molecular flexibility index (Phi) is 2.20. The van der Waals surface area contributed by atoms with E-state index in [0.717, 1.165) is 21.2 Å². The summed E-state index contributed by atoms with van der Waals surface area (Å²) < 4.78 is 1.80. The van der Waals surface area contributed by atoms with Gasteiger partial charge in [0, 0.05) is 0 Å². The van der Waals surface area contributed by atoms with Gasteiger partial charge >= 0.3 is 0 Å². The van der Waals surface area contributed by atoms with Gasteiger partial charge in [0.2, 0.25) is 4.96 Å². The molecule has 0 N–H and O–H groups in total. The number of aromatic nitrogens is 3. The number of nitrogens with zero attached hydrogens (tertiary/aromatic N) is 4. The zero-order valence-electron chi connectivity index (χ0n) is 8.18. The van der Waals surface area contributed by atoms with Crippen LogP contribution in [0.25, 0.3) is 4.96 Å². The van der Waals surface area contributed by atoms with Crippen LogP contribution in [-0.2, 0) is 4.84 Å². The van der Waals surface area contributed by atoms with E-state index < -0.39 is 0 Å². The highest BCUT2D eigenvalue weighted by atomic mass is 32.1. The van der Waals surface area contributed by atoms with E-state index in [9.17, 15) is 0 Å². The van der Waals surface area contributed by atoms with Crippen LogP contribution in [0.4, 0.5) is 0 Å². The van der Waals surface area contributed by atoms with E-state index in [4.69, 9.17) is 4.84 Å². The average molecular weight is 210 g/mol. The van der Waals surface area contributed by atoms with Crippen molar-refractivity contribution < 1.29 is 4.84 Å². The Hall–Kier alpha value is -1.43. The van der Waals surface area contributed by atoms with Crippen molar-refractivity contribution in [3.8, 4) is 0 Å². The van der Waals surface area contributed by atoms with Gasteiger partial charge in [-0.15, -0.1) is 0 Å². The smallest absolute Gasteiger partial charge is 0.212 e. The standard InChI is InChI=1S/C8H10N4OS/c1-5(11-13-3)7-6(2)12-8(14-7)9-4-10-12/h4H,1-3H3. The summed E-state index contributed by atoms with van der Waals surface area (Å²) in [4.78, 5) is 10.8. The molecule has 0 radical (unpaired) electrons. The molecule has 74 valence electrons. The van der Waals surface area contributed by atoms with Crippen LogP contribution >= 0.6 is 11.3 Å². The number of oxime groups is 1. The number of hydrogen-bond acceptors (Lipinski definition) is 5. The third kappa shape index (κ3) is 1.27. The predicted octanol–water partition coefficient (Wildman–Crippen LogP) is 1.47. The van der Waals surface area contributed by atoms with Crippen molar-refractivity contribution in [2.24, 2.45) is 5.16 Å². The van der Waals surface area contributed by atoms with Crippen molar-refractivity contribution in [1.82, 2.24) is 14.6 Å². The lowest BCUT2D eigenvalue weighted by Gasteiger charge is -1.96. The van der Waals surface area contributed by atoms with Crippen molar-refractivity contribution in [3.05, 3.63) is 16.9 Å². The van der Waals surface area contributed by atoms with Gasteiger partial charge < -0.3 is 4.84 Å². The van der Waals surface area contributed by atoms with Crippen LogP contribution in [0.5, 0.6) is 0 Å². The molecule has 2 aromatic rings. The lowest BCUT2D eigenvalue weighted by atomic mass is 10.3. The number of rotatable bonds is 2. The van der Waals surface area contributed by atoms with Crippen LogP contribution in [0, 0.1) is 6.92 Å². The molecule has 0 aliphatic heterocycles. The van der Waals surface area contributed by atoms with E-state index in [-0.39, 0.29) is 0 Å². The number of aryl methyl sites for hydroxylation is 1. The van der Waals surface area contributed by atoms with Crippen molar-refractivity contribution in [2.75, 3.05) is 7.11 Å². The minimum atomic E-state index is 0.849. The van der Waals surface area contributed by atoms with Crippen molar-refractivity contribution in [2.45, 2.75) is 13.8 Å². The van der Waals surface area contributed by atoms with E-state index >= 15 is 0 Å². The summed E-state index contributed by atoms with van der Waals surface area (Å²) in [5, 5.41) is 7.99. The van der Waals surface area contributed by atoms with Crippen LogP contribution < -0.4 is 0 Å². The Balaban J connectivity index is 2.57. The number of thiazole rings is 1. The van der Waals surface area contributed by atoms with Crippen molar-refractivity contribution in [1.29, 1.82) is 0 Å². The van der Waals surface area contributed by atoms with Crippen molar-refractivity contribution >= 4 is 22.0 Å². The second-order valence-corrected chi connectivity index (χ2v) is 3.81. The summed E-state index contributed by atoms with van der Waals surface area (Å²) in [6, 6.07) is 0. The maximum atomic E-state index is 4.73. The first-order valence-corrected chi connectivity index (χ1v) is 4.93. The molecular formula is C8H10N4OS. The molecular weight excluding hydrogens is 200 g/mol. The predicted molar refractivity (Wildman–Crippen MR) is 54.8 cm³/mol. The molecule has 2 rings (SSSR count). The molecule has 0 bridgehead atoms. The summed E-state index contributed by atoms with van der Waals surface area (Å²) >= 11 is 1.56. The van der Waals surface area contributed by atoms with Gasteiger partial charge in [-0.2, -0.15) is 5.10 Å². The van der Waals surface area contributed by atoms with Gasteiger partial charge in [-0.25, -0.2) is 9.50 Å². The SMILES string of the molecule is CON=C(C)c1sc2ncnn2c1C. The topological polar surface area (TPSA) is 51.8 Å². The minimum Gasteiger partial charge on any atom is -0.399 e. The maximum absolute atomic E-state index is 4.73. The van der Waals surface area contributed by atoms with Gasteiger partial charge in [0.1, 0.15) is 13.4 Å². The molecule has 0 spiro atoms. The van der Waals surface area contributed by atoms with E-state index in [1.54, 1.807) is 22.2 Å². The number of fused-ring (bicyclic) bond motifs is 1. The highest BCUT2D eigenvalue weighted by molar-refractivity contribution is 7.19. The first kappa shape index (κ1) is 9.14. The highest BCUT2D eigenvalue weighted by Crippen LogP contribution is 2.21. The molecule has 6 heteroatoms. The van der Waals surface area contributed by atoms with Crippen LogP contribution in [0.15, 0.2) is 11.5 Å². The molecule has 0 saturated heterocycles. The molecule has 0 aromatic carbocycles. The fourth-order valence-corrected chi connectivity index (χ4v) is 2.28. The highest BCUT2D eigenvalue weighted by Gasteiger charge is 2.12. The van der Waals surface area contributed by atoms with Gasteiger partial charge in [-0.3, -0.25) is 0 Å². The molecule has 0 amide bonds. The maximum Gasteiger partial charge on any atom is 0.212 e. The average Bonchev–Trinajstić information content (AvgIpc) is 2.69. The third-order valence-corrected chi connectivity index (χ3v) is 3.17. The van der Waals surface area contributed by atoms with Gasteiger partial charge in [-0.05, 0) is 13.8 Å². The van der Waals surface area contributed by atoms with E-state index in [1.165, 1.54) is 7.11 Å². The monoisotopic (exact) mass is 210 g/mol. The Labute approximate surface area is 85.0 Å². The van der Waals surface area contributed by atoms with Crippen LogP contribution in [-0.4, -0.2) is 27.4 Å². The summed E-state index contributed by atoms with van der Waals surface area (Å²) in [6.45, 7) is 3.89. The molecule has 2 aromatic heterocycles. The van der Waals surface area contributed by atoms with E-state index in [2.05, 4.69) is 15.2 Å². The number of hydrogen-bond donors (Lipinski definition) is 0. The second kappa shape index (κ2) is 3.38. The summed E-state index contributed by atoms with van der Waals surface area (Å²) in [6.07, 6.45) is 1.55. The molecule has 0 unspecified atom stereocenters. The molecule has 0 saturated carbocycles. The van der Waals surface area contributed by atoms with Crippen LogP contribution in [0.1, 0.15) is 17.5 Å². The third-order valence-electron chi connectivity index (χ3n) is 1.91. The summed E-state index contributed by atoms with van der Waals surface area (Å²) in [5.74, 6) is 0. The molecule has 0 aliphatic rings. The largest absolute Gasteiger partial charge is 0.399 e. The summed E-state index contributed by atoms with van der Waals surface area (Å²) in [7, 11) is 1.54. The van der Waals surface area contributed by atoms with Gasteiger partial charge in [0.15, 0.2) is 0 Å². The molecule has 14 heavy (non-hydrogen) atoms. The molecule has 0 aliphatic carbocycles.